The zero-order valence-corrected chi connectivity index (χ0v) is 14.1. The molecule has 3 rings (SSSR count). The summed E-state index contributed by atoms with van der Waals surface area (Å²) < 4.78 is 2.26. The van der Waals surface area contributed by atoms with E-state index in [9.17, 15) is 0 Å². The summed E-state index contributed by atoms with van der Waals surface area (Å²) in [5.74, 6) is 1.06. The number of nitrogens with zero attached hydrogens (tertiary/aromatic N) is 2. The summed E-state index contributed by atoms with van der Waals surface area (Å²) in [7, 11) is 0. The highest BCUT2D eigenvalue weighted by molar-refractivity contribution is 5.35. The Morgan fingerprint density at radius 3 is 2.68 bits per heavy atom. The van der Waals surface area contributed by atoms with Crippen molar-refractivity contribution in [3.05, 3.63) is 23.4 Å². The van der Waals surface area contributed by atoms with Gasteiger partial charge in [0, 0.05) is 19.7 Å². The second-order valence-corrected chi connectivity index (χ2v) is 7.05. The van der Waals surface area contributed by atoms with Gasteiger partial charge in [-0.3, -0.25) is 4.68 Å². The molecule has 0 unspecified atom stereocenters. The van der Waals surface area contributed by atoms with Crippen molar-refractivity contribution in [1.29, 1.82) is 0 Å². The molecule has 1 N–H and O–H groups in total. The van der Waals surface area contributed by atoms with Gasteiger partial charge in [0.25, 0.3) is 0 Å². The van der Waals surface area contributed by atoms with Crippen LogP contribution in [0.3, 0.4) is 0 Å². The SMILES string of the molecule is Cc1cc(NCCC=C2CCCCC2)nn1C1CCCCC1.[HH]. The van der Waals surface area contributed by atoms with Gasteiger partial charge in [-0.25, -0.2) is 0 Å². The molecule has 0 aromatic carbocycles. The smallest absolute Gasteiger partial charge is 0.148 e. The van der Waals surface area contributed by atoms with Gasteiger partial charge >= 0.3 is 0 Å². The van der Waals surface area contributed by atoms with Crippen LogP contribution in [0.2, 0.25) is 0 Å². The maximum Gasteiger partial charge on any atom is 0.148 e. The molecule has 2 fully saturated rings. The fraction of sp³-hybridized carbons (Fsp3) is 0.737. The number of hydrogen-bond acceptors (Lipinski definition) is 2. The monoisotopic (exact) mass is 303 g/mol. The molecule has 1 heterocycles. The van der Waals surface area contributed by atoms with Gasteiger partial charge in [-0.05, 0) is 51.9 Å². The molecular weight excluding hydrogens is 270 g/mol. The maximum atomic E-state index is 4.80. The molecule has 22 heavy (non-hydrogen) atoms. The molecule has 2 saturated carbocycles. The second-order valence-electron chi connectivity index (χ2n) is 7.05. The van der Waals surface area contributed by atoms with Gasteiger partial charge in [0.05, 0.1) is 6.04 Å². The van der Waals surface area contributed by atoms with E-state index in [0.717, 1.165) is 18.8 Å². The molecule has 0 saturated heterocycles. The van der Waals surface area contributed by atoms with E-state index in [2.05, 4.69) is 29.1 Å². The van der Waals surface area contributed by atoms with Crippen LogP contribution >= 0.6 is 0 Å². The summed E-state index contributed by atoms with van der Waals surface area (Å²) in [4.78, 5) is 0. The van der Waals surface area contributed by atoms with Crippen LogP contribution in [-0.2, 0) is 0 Å². The summed E-state index contributed by atoms with van der Waals surface area (Å²) in [6, 6.07) is 2.84. The number of anilines is 1. The first kappa shape index (κ1) is 15.6. The maximum absolute atomic E-state index is 4.80. The molecule has 0 bridgehead atoms. The average molecular weight is 303 g/mol. The van der Waals surface area contributed by atoms with Gasteiger partial charge < -0.3 is 5.32 Å². The Kier molecular flexibility index (Phi) is 5.58. The van der Waals surface area contributed by atoms with Gasteiger partial charge in [-0.15, -0.1) is 0 Å². The topological polar surface area (TPSA) is 29.9 Å². The molecule has 3 nitrogen and oxygen atoms in total. The molecule has 1 aromatic heterocycles. The third kappa shape index (κ3) is 4.15. The van der Waals surface area contributed by atoms with Crippen LogP contribution in [0.4, 0.5) is 5.82 Å². The minimum atomic E-state index is 0. The third-order valence-corrected chi connectivity index (χ3v) is 5.22. The van der Waals surface area contributed by atoms with E-state index in [4.69, 9.17) is 5.10 Å². The molecule has 3 heteroatoms. The lowest BCUT2D eigenvalue weighted by Gasteiger charge is -2.23. The highest BCUT2D eigenvalue weighted by Crippen LogP contribution is 2.29. The molecule has 2 aliphatic rings. The van der Waals surface area contributed by atoms with E-state index in [1.807, 2.05) is 0 Å². The van der Waals surface area contributed by atoms with Gasteiger partial charge in [0.2, 0.25) is 0 Å². The summed E-state index contributed by atoms with van der Waals surface area (Å²) in [5.41, 5.74) is 2.98. The fourth-order valence-corrected chi connectivity index (χ4v) is 3.96. The van der Waals surface area contributed by atoms with Crippen molar-refractivity contribution in [2.75, 3.05) is 11.9 Å². The van der Waals surface area contributed by atoms with E-state index in [1.54, 1.807) is 5.57 Å². The molecule has 124 valence electrons. The lowest BCUT2D eigenvalue weighted by molar-refractivity contribution is 0.325. The number of nitrogens with one attached hydrogen (secondary N) is 1. The van der Waals surface area contributed by atoms with Crippen LogP contribution in [0.5, 0.6) is 0 Å². The van der Waals surface area contributed by atoms with Crippen LogP contribution in [0.15, 0.2) is 17.7 Å². The van der Waals surface area contributed by atoms with E-state index in [1.165, 1.54) is 69.9 Å². The Morgan fingerprint density at radius 1 is 1.18 bits per heavy atom. The quantitative estimate of drug-likeness (QED) is 0.564. The summed E-state index contributed by atoms with van der Waals surface area (Å²) >= 11 is 0. The van der Waals surface area contributed by atoms with Gasteiger partial charge in [0.1, 0.15) is 5.82 Å². The Bertz CT molecular complexity index is 493. The fourth-order valence-electron chi connectivity index (χ4n) is 3.96. The van der Waals surface area contributed by atoms with Crippen LogP contribution < -0.4 is 5.32 Å². The van der Waals surface area contributed by atoms with Crippen molar-refractivity contribution in [1.82, 2.24) is 9.78 Å². The number of hydrogen-bond donors (Lipinski definition) is 1. The van der Waals surface area contributed by atoms with Crippen molar-refractivity contribution in [3.63, 3.8) is 0 Å². The highest BCUT2D eigenvalue weighted by atomic mass is 15.3. The predicted molar refractivity (Wildman–Crippen MR) is 95.5 cm³/mol. The summed E-state index contributed by atoms with van der Waals surface area (Å²) in [6.45, 7) is 3.20. The zero-order chi connectivity index (χ0) is 15.2. The first-order valence-electron chi connectivity index (χ1n) is 9.31. The van der Waals surface area contributed by atoms with Crippen molar-refractivity contribution >= 4 is 5.82 Å². The van der Waals surface area contributed by atoms with E-state index in [0.29, 0.717) is 6.04 Å². The molecule has 2 aliphatic carbocycles. The van der Waals surface area contributed by atoms with Crippen LogP contribution in [0.25, 0.3) is 0 Å². The molecule has 0 spiro atoms. The first-order valence-corrected chi connectivity index (χ1v) is 9.31. The molecular formula is C19H33N3. The van der Waals surface area contributed by atoms with Crippen molar-refractivity contribution in [3.8, 4) is 0 Å². The number of allylic oxidation sites excluding steroid dienone is 1. The minimum absolute atomic E-state index is 0. The van der Waals surface area contributed by atoms with E-state index < -0.39 is 0 Å². The first-order chi connectivity index (χ1) is 10.8. The van der Waals surface area contributed by atoms with E-state index >= 15 is 0 Å². The summed E-state index contributed by atoms with van der Waals surface area (Å²) in [5, 5.41) is 8.31. The number of aromatic nitrogens is 2. The lowest BCUT2D eigenvalue weighted by Crippen LogP contribution is -2.15. The lowest BCUT2D eigenvalue weighted by atomic mass is 9.94. The standard InChI is InChI=1S/C19H31N3.H2/c1-16-15-19(21-22(16)18-12-6-3-7-13-18)20-14-8-11-17-9-4-2-5-10-17;/h11,15,18H,2-10,12-14H2,1H3,(H,20,21);1H. The largest absolute Gasteiger partial charge is 0.368 e. The number of aryl methyl sites for hydroxylation is 1. The van der Waals surface area contributed by atoms with Crippen molar-refractivity contribution in [2.45, 2.75) is 83.6 Å². The van der Waals surface area contributed by atoms with Gasteiger partial charge in [0.15, 0.2) is 0 Å². The van der Waals surface area contributed by atoms with Crippen LogP contribution in [-0.4, -0.2) is 16.3 Å². The van der Waals surface area contributed by atoms with Crippen molar-refractivity contribution < 1.29 is 1.43 Å². The molecule has 0 atom stereocenters. The minimum Gasteiger partial charge on any atom is -0.368 e. The second kappa shape index (κ2) is 7.85. The number of rotatable bonds is 5. The van der Waals surface area contributed by atoms with E-state index in [-0.39, 0.29) is 1.43 Å². The molecule has 1 aromatic rings. The third-order valence-electron chi connectivity index (χ3n) is 5.22. The zero-order valence-electron chi connectivity index (χ0n) is 14.1. The average Bonchev–Trinajstić information content (AvgIpc) is 2.94. The van der Waals surface area contributed by atoms with Crippen LogP contribution in [0, 0.1) is 6.92 Å². The molecule has 0 aliphatic heterocycles. The van der Waals surface area contributed by atoms with Crippen LogP contribution in [0.1, 0.15) is 83.8 Å². The predicted octanol–water partition coefficient (Wildman–Crippen LogP) is 5.64. The Morgan fingerprint density at radius 2 is 1.91 bits per heavy atom. The highest BCUT2D eigenvalue weighted by Gasteiger charge is 2.18. The van der Waals surface area contributed by atoms with Gasteiger partial charge in [-0.1, -0.05) is 37.3 Å². The Hall–Kier alpha value is -1.25. The Balaban J connectivity index is 0.00000192. The molecule has 0 radical (unpaired) electrons. The van der Waals surface area contributed by atoms with Gasteiger partial charge in [-0.2, -0.15) is 5.10 Å². The van der Waals surface area contributed by atoms with Crippen molar-refractivity contribution in [2.24, 2.45) is 0 Å². The normalized spacial score (nSPS) is 20.1. The summed E-state index contributed by atoms with van der Waals surface area (Å²) in [6.07, 6.45) is 17.2. The Labute approximate surface area is 136 Å². The molecule has 0 amide bonds.